The molecule has 0 unspecified atom stereocenters. The molecule has 2 fully saturated rings. The van der Waals surface area contributed by atoms with Crippen molar-refractivity contribution in [3.05, 3.63) is 95.6 Å². The van der Waals surface area contributed by atoms with Crippen molar-refractivity contribution in [1.82, 2.24) is 0 Å². The third-order valence-electron chi connectivity index (χ3n) is 6.09. The molecule has 35 heavy (non-hydrogen) atoms. The second-order valence-electron chi connectivity index (χ2n) is 8.89. The van der Waals surface area contributed by atoms with Crippen LogP contribution in [0.25, 0.3) is 0 Å². The zero-order chi connectivity index (χ0) is 24.4. The van der Waals surface area contributed by atoms with Gasteiger partial charge in [-0.1, -0.05) is 71.9 Å². The zero-order valence-corrected chi connectivity index (χ0v) is 21.0. The number of rotatable bonds is 6. The van der Waals surface area contributed by atoms with Gasteiger partial charge in [0.05, 0.1) is 24.0 Å². The summed E-state index contributed by atoms with van der Waals surface area (Å²) in [5.41, 5.74) is 3.88. The van der Waals surface area contributed by atoms with E-state index in [0.717, 1.165) is 22.4 Å². The van der Waals surface area contributed by atoms with Crippen LogP contribution in [0.15, 0.2) is 83.9 Å². The summed E-state index contributed by atoms with van der Waals surface area (Å²) in [6.07, 6.45) is 0.208. The number of aliphatic imine (C=N–C) groups is 1. The molecule has 0 aliphatic carbocycles. The lowest BCUT2D eigenvalue weighted by Crippen LogP contribution is -2.37. The van der Waals surface area contributed by atoms with Gasteiger partial charge in [0.15, 0.2) is 15.0 Å². The van der Waals surface area contributed by atoms with Crippen LogP contribution in [0.1, 0.15) is 16.7 Å². The molecule has 2 heterocycles. The maximum absolute atomic E-state index is 12.8. The Labute approximate surface area is 209 Å². The lowest BCUT2D eigenvalue weighted by atomic mass is 10.1. The Kier molecular flexibility index (Phi) is 6.67. The number of sulfone groups is 1. The van der Waals surface area contributed by atoms with Gasteiger partial charge in [0.2, 0.25) is 0 Å². The van der Waals surface area contributed by atoms with E-state index in [9.17, 15) is 13.2 Å². The van der Waals surface area contributed by atoms with Crippen LogP contribution in [0.5, 0.6) is 5.75 Å². The fourth-order valence-electron chi connectivity index (χ4n) is 4.45. The van der Waals surface area contributed by atoms with Gasteiger partial charge in [0, 0.05) is 10.9 Å². The molecule has 0 N–H and O–H groups in total. The highest BCUT2D eigenvalue weighted by molar-refractivity contribution is 8.16. The summed E-state index contributed by atoms with van der Waals surface area (Å²) in [7, 11) is -3.13. The van der Waals surface area contributed by atoms with Crippen molar-refractivity contribution in [2.45, 2.75) is 31.2 Å². The third-order valence-corrected chi connectivity index (χ3v) is 9.30. The molecule has 5 rings (SSSR count). The van der Waals surface area contributed by atoms with E-state index in [1.54, 1.807) is 0 Å². The topological polar surface area (TPSA) is 76.0 Å². The van der Waals surface area contributed by atoms with Gasteiger partial charge in [-0.3, -0.25) is 4.79 Å². The number of carbonyl (C=O) groups excluding carboxylic acids is 1. The van der Waals surface area contributed by atoms with Gasteiger partial charge in [-0.15, -0.1) is 0 Å². The highest BCUT2D eigenvalue weighted by atomic mass is 32.2. The van der Waals surface area contributed by atoms with Crippen LogP contribution in [0.3, 0.4) is 0 Å². The number of nitrogens with zero attached hydrogens (tertiary/aromatic N) is 2. The summed E-state index contributed by atoms with van der Waals surface area (Å²) in [6, 6.07) is 25.0. The van der Waals surface area contributed by atoms with Crippen molar-refractivity contribution in [3.8, 4) is 5.75 Å². The van der Waals surface area contributed by atoms with Gasteiger partial charge < -0.3 is 9.64 Å². The molecule has 2 saturated heterocycles. The van der Waals surface area contributed by atoms with Crippen LogP contribution < -0.4 is 9.64 Å². The van der Waals surface area contributed by atoms with Gasteiger partial charge >= 0.3 is 0 Å². The monoisotopic (exact) mass is 506 g/mol. The number of hydrogen-bond donors (Lipinski definition) is 0. The second-order valence-corrected chi connectivity index (χ2v) is 12.3. The molecule has 3 aromatic carbocycles. The smallest absolute Gasteiger partial charge is 0.252 e. The molecule has 8 heteroatoms. The largest absolute Gasteiger partial charge is 0.489 e. The standard InChI is InChI=1S/C27H26N2O4S2/c1-19-6-5-9-21(14-19)15-26(30)28-27-29(24-17-35(31,32)18-25(24)34-27)22-10-12-23(13-11-22)33-16-20-7-3-2-4-8-20/h2-14,24-25H,15-18H2,1H3/t24-,25+/m0/s1. The molecule has 0 spiro atoms. The predicted molar refractivity (Wildman–Crippen MR) is 141 cm³/mol. The molecule has 3 aromatic rings. The first-order chi connectivity index (χ1) is 16.9. The van der Waals surface area contributed by atoms with E-state index >= 15 is 0 Å². The Hall–Kier alpha value is -3.10. The molecule has 0 aromatic heterocycles. The SMILES string of the molecule is Cc1cccc(CC(=O)N=C2S[C@@H]3CS(=O)(=O)C[C@@H]3N2c2ccc(OCc3ccccc3)cc2)c1. The van der Waals surface area contributed by atoms with Crippen molar-refractivity contribution in [2.75, 3.05) is 16.4 Å². The average Bonchev–Trinajstić information content (AvgIpc) is 3.29. The van der Waals surface area contributed by atoms with Crippen molar-refractivity contribution in [3.63, 3.8) is 0 Å². The first kappa shape index (κ1) is 23.6. The summed E-state index contributed by atoms with van der Waals surface area (Å²) < 4.78 is 30.6. The van der Waals surface area contributed by atoms with E-state index in [-0.39, 0.29) is 35.1 Å². The Balaban J connectivity index is 1.36. The van der Waals surface area contributed by atoms with E-state index in [4.69, 9.17) is 4.74 Å². The number of amidine groups is 1. The van der Waals surface area contributed by atoms with Gasteiger partial charge in [0.25, 0.3) is 5.91 Å². The Morgan fingerprint density at radius 3 is 2.49 bits per heavy atom. The van der Waals surface area contributed by atoms with Crippen molar-refractivity contribution < 1.29 is 17.9 Å². The van der Waals surface area contributed by atoms with Gasteiger partial charge in [-0.2, -0.15) is 4.99 Å². The summed E-state index contributed by atoms with van der Waals surface area (Å²) in [6.45, 7) is 2.45. The minimum Gasteiger partial charge on any atom is -0.489 e. The van der Waals surface area contributed by atoms with Crippen LogP contribution in [0.4, 0.5) is 5.69 Å². The molecule has 0 radical (unpaired) electrons. The summed E-state index contributed by atoms with van der Waals surface area (Å²) in [5, 5.41) is 0.421. The summed E-state index contributed by atoms with van der Waals surface area (Å²) >= 11 is 1.38. The highest BCUT2D eigenvalue weighted by Gasteiger charge is 2.49. The molecular weight excluding hydrogens is 480 g/mol. The third kappa shape index (κ3) is 5.60. The maximum Gasteiger partial charge on any atom is 0.252 e. The molecule has 6 nitrogen and oxygen atoms in total. The molecule has 1 amide bonds. The van der Waals surface area contributed by atoms with Gasteiger partial charge in [0.1, 0.15) is 12.4 Å². The lowest BCUT2D eigenvalue weighted by molar-refractivity contribution is -0.117. The number of amides is 1. The number of hydrogen-bond acceptors (Lipinski definition) is 5. The first-order valence-electron chi connectivity index (χ1n) is 11.5. The highest BCUT2D eigenvalue weighted by Crippen LogP contribution is 2.41. The van der Waals surface area contributed by atoms with Crippen LogP contribution >= 0.6 is 11.8 Å². The molecule has 0 saturated carbocycles. The first-order valence-corrected chi connectivity index (χ1v) is 14.2. The van der Waals surface area contributed by atoms with E-state index in [2.05, 4.69) is 4.99 Å². The predicted octanol–water partition coefficient (Wildman–Crippen LogP) is 4.42. The van der Waals surface area contributed by atoms with Crippen LogP contribution in [0, 0.1) is 6.92 Å². The van der Waals surface area contributed by atoms with E-state index in [1.807, 2.05) is 90.7 Å². The number of carbonyl (C=O) groups is 1. The molecule has 180 valence electrons. The number of fused-ring (bicyclic) bond motifs is 1. The zero-order valence-electron chi connectivity index (χ0n) is 19.3. The summed E-state index contributed by atoms with van der Waals surface area (Å²) in [5.74, 6) is 0.632. The maximum atomic E-state index is 12.8. The normalized spacial score (nSPS) is 21.7. The molecule has 2 atom stereocenters. The quantitative estimate of drug-likeness (QED) is 0.493. The Morgan fingerprint density at radius 2 is 1.74 bits per heavy atom. The average molecular weight is 507 g/mol. The fourth-order valence-corrected chi connectivity index (χ4v) is 8.38. The van der Waals surface area contributed by atoms with Crippen LogP contribution in [-0.4, -0.2) is 42.3 Å². The fraction of sp³-hybridized carbons (Fsp3) is 0.259. The minimum atomic E-state index is -3.13. The Bertz CT molecular complexity index is 1360. The minimum absolute atomic E-state index is 0.0576. The number of benzene rings is 3. The number of anilines is 1. The van der Waals surface area contributed by atoms with E-state index in [0.29, 0.717) is 17.5 Å². The van der Waals surface area contributed by atoms with Crippen LogP contribution in [0.2, 0.25) is 0 Å². The Morgan fingerprint density at radius 1 is 1.00 bits per heavy atom. The van der Waals surface area contributed by atoms with E-state index in [1.165, 1.54) is 11.8 Å². The number of thioether (sulfide) groups is 1. The van der Waals surface area contributed by atoms with E-state index < -0.39 is 9.84 Å². The lowest BCUT2D eigenvalue weighted by Gasteiger charge is -2.24. The van der Waals surface area contributed by atoms with Crippen molar-refractivity contribution >= 4 is 38.4 Å². The van der Waals surface area contributed by atoms with Crippen molar-refractivity contribution in [2.24, 2.45) is 4.99 Å². The molecule has 2 aliphatic rings. The number of ether oxygens (including phenoxy) is 1. The molecular formula is C27H26N2O4S2. The molecule has 2 aliphatic heterocycles. The van der Waals surface area contributed by atoms with Crippen LogP contribution in [-0.2, 0) is 27.7 Å². The second kappa shape index (κ2) is 9.87. The van der Waals surface area contributed by atoms with Gasteiger partial charge in [-0.25, -0.2) is 8.42 Å². The molecule has 0 bridgehead atoms. The number of aryl methyl sites for hydroxylation is 1. The van der Waals surface area contributed by atoms with Gasteiger partial charge in [-0.05, 0) is 42.3 Å². The summed E-state index contributed by atoms with van der Waals surface area (Å²) in [4.78, 5) is 19.2. The van der Waals surface area contributed by atoms with Crippen molar-refractivity contribution in [1.29, 1.82) is 0 Å².